The summed E-state index contributed by atoms with van der Waals surface area (Å²) >= 11 is 0. The van der Waals surface area contributed by atoms with E-state index in [4.69, 9.17) is 9.97 Å². The molecule has 1 saturated carbocycles. The number of benzene rings is 10. The second-order valence-corrected chi connectivity index (χ2v) is 19.1. The van der Waals surface area contributed by atoms with Crippen LogP contribution in [0.25, 0.3) is 117 Å². The van der Waals surface area contributed by atoms with Gasteiger partial charge in [0.05, 0.1) is 22.4 Å². The largest absolute Gasteiger partial charge is 0.243 e. The molecular weight excluding hydrogens is 833 g/mol. The third kappa shape index (κ3) is 6.78. The molecule has 14 rings (SSSR count). The Morgan fingerprint density at radius 1 is 0.348 bits per heavy atom. The van der Waals surface area contributed by atoms with E-state index in [-0.39, 0.29) is 0 Å². The lowest BCUT2D eigenvalue weighted by Gasteiger charge is -2.25. The van der Waals surface area contributed by atoms with Crippen LogP contribution >= 0.6 is 0 Å². The van der Waals surface area contributed by atoms with Crippen LogP contribution in [0.4, 0.5) is 0 Å². The fraction of sp³-hybridized carbons (Fsp3) is 0.0746. The minimum Gasteiger partial charge on any atom is -0.243 e. The summed E-state index contributed by atoms with van der Waals surface area (Å²) < 4.78 is 0. The van der Waals surface area contributed by atoms with Crippen LogP contribution in [0.15, 0.2) is 224 Å². The normalized spacial score (nSPS) is 15.3. The summed E-state index contributed by atoms with van der Waals surface area (Å²) in [5.74, 6) is 1.10. The van der Waals surface area contributed by atoms with Gasteiger partial charge in [-0.15, -0.1) is 0 Å². The molecule has 0 bridgehead atoms. The molecule has 324 valence electrons. The molecule has 2 atom stereocenters. The molecular formula is C67H46N2. The van der Waals surface area contributed by atoms with E-state index in [1.165, 1.54) is 101 Å². The summed E-state index contributed by atoms with van der Waals surface area (Å²) in [6, 6.07) is 80.2. The van der Waals surface area contributed by atoms with Gasteiger partial charge in [0.2, 0.25) is 0 Å². The van der Waals surface area contributed by atoms with Gasteiger partial charge in [0.15, 0.2) is 0 Å². The summed E-state index contributed by atoms with van der Waals surface area (Å²) in [7, 11) is 0. The van der Waals surface area contributed by atoms with E-state index < -0.39 is 0 Å². The zero-order chi connectivity index (χ0) is 45.4. The smallest absolute Gasteiger partial charge is 0.0979 e. The highest BCUT2D eigenvalue weighted by molar-refractivity contribution is 6.11. The van der Waals surface area contributed by atoms with Gasteiger partial charge >= 0.3 is 0 Å². The number of nitrogens with zero attached hydrogens (tertiary/aromatic N) is 2. The van der Waals surface area contributed by atoms with E-state index in [9.17, 15) is 0 Å². The summed E-state index contributed by atoms with van der Waals surface area (Å²) in [5.41, 5.74) is 26.5. The second-order valence-electron chi connectivity index (χ2n) is 19.1. The first-order chi connectivity index (χ1) is 34.2. The summed E-state index contributed by atoms with van der Waals surface area (Å²) in [4.78, 5) is 11.2. The van der Waals surface area contributed by atoms with Gasteiger partial charge in [0, 0.05) is 22.1 Å². The number of aromatic nitrogens is 2. The van der Waals surface area contributed by atoms with Crippen molar-refractivity contribution >= 4 is 27.9 Å². The van der Waals surface area contributed by atoms with E-state index in [2.05, 4.69) is 231 Å². The van der Waals surface area contributed by atoms with Gasteiger partial charge in [0.25, 0.3) is 0 Å². The quantitative estimate of drug-likeness (QED) is 0.149. The maximum Gasteiger partial charge on any atom is 0.0979 e. The molecule has 69 heavy (non-hydrogen) atoms. The number of hydrogen-bond donors (Lipinski definition) is 0. The predicted octanol–water partition coefficient (Wildman–Crippen LogP) is 17.7. The molecule has 1 aromatic heterocycles. The Morgan fingerprint density at radius 2 is 0.812 bits per heavy atom. The maximum atomic E-state index is 5.61. The number of allylic oxidation sites excluding steroid dienone is 1. The lowest BCUT2D eigenvalue weighted by Crippen LogP contribution is -2.03. The second kappa shape index (κ2) is 16.1. The highest BCUT2D eigenvalue weighted by Gasteiger charge is 2.47. The van der Waals surface area contributed by atoms with Crippen LogP contribution in [0.1, 0.15) is 46.9 Å². The standard InChI is InChI=1S/C67H46N2/c1-4-14-42(15-5-1)45-26-32-49(33-27-45)64-65(69-67-57-23-13-11-21-54(57)53-20-10-12-22-56(53)66(67)68-64)50-34-28-47(29-35-50)46-24-30-48(31-25-46)58-39-52(44-18-8-3-9-19-44)40-61-59-38-51(43-16-6-2-7-17-43)36-37-55(59)60-41-62(60)63(58)61/h1-10,12-20,22-40,60,62H,11,21,41H2/t60-,62?/m1/s1. The van der Waals surface area contributed by atoms with Crippen molar-refractivity contribution in [3.8, 4) is 89.3 Å². The van der Waals surface area contributed by atoms with Crippen LogP contribution < -0.4 is 0 Å². The molecule has 3 aliphatic rings. The van der Waals surface area contributed by atoms with Gasteiger partial charge in [-0.25, -0.2) is 9.97 Å². The van der Waals surface area contributed by atoms with Crippen LogP contribution in [0.5, 0.6) is 0 Å². The van der Waals surface area contributed by atoms with Crippen LogP contribution in [0, 0.1) is 0 Å². The molecule has 2 heteroatoms. The van der Waals surface area contributed by atoms with Crippen molar-refractivity contribution in [3.63, 3.8) is 0 Å². The lowest BCUT2D eigenvalue weighted by molar-refractivity contribution is 0.998. The van der Waals surface area contributed by atoms with Crippen LogP contribution in [-0.4, -0.2) is 9.97 Å². The summed E-state index contributed by atoms with van der Waals surface area (Å²) in [5, 5.41) is 2.43. The molecule has 0 radical (unpaired) electrons. The molecule has 0 saturated heterocycles. The van der Waals surface area contributed by atoms with E-state index in [1.54, 1.807) is 0 Å². The Morgan fingerprint density at radius 3 is 1.43 bits per heavy atom. The number of fused-ring (bicyclic) bond motifs is 12. The topological polar surface area (TPSA) is 25.8 Å². The van der Waals surface area contributed by atoms with Gasteiger partial charge in [0.1, 0.15) is 0 Å². The molecule has 1 unspecified atom stereocenters. The molecule has 0 aliphatic heterocycles. The van der Waals surface area contributed by atoms with Gasteiger partial charge in [-0.2, -0.15) is 0 Å². The Labute approximate surface area is 403 Å². The highest BCUT2D eigenvalue weighted by atomic mass is 14.8. The predicted molar refractivity (Wildman–Crippen MR) is 288 cm³/mol. The van der Waals surface area contributed by atoms with Crippen molar-refractivity contribution in [1.82, 2.24) is 9.97 Å². The third-order valence-corrected chi connectivity index (χ3v) is 15.1. The fourth-order valence-corrected chi connectivity index (χ4v) is 11.5. The summed E-state index contributed by atoms with van der Waals surface area (Å²) in [6.45, 7) is 0. The van der Waals surface area contributed by atoms with Crippen molar-refractivity contribution in [1.29, 1.82) is 0 Å². The first-order valence-corrected chi connectivity index (χ1v) is 24.4. The minimum atomic E-state index is 0.535. The zero-order valence-electron chi connectivity index (χ0n) is 38.1. The van der Waals surface area contributed by atoms with Gasteiger partial charge in [-0.05, 0) is 138 Å². The van der Waals surface area contributed by atoms with Crippen molar-refractivity contribution in [2.45, 2.75) is 31.1 Å². The van der Waals surface area contributed by atoms with E-state index in [1.807, 2.05) is 0 Å². The molecule has 10 aromatic carbocycles. The molecule has 3 aliphatic carbocycles. The zero-order valence-corrected chi connectivity index (χ0v) is 38.1. The fourth-order valence-electron chi connectivity index (χ4n) is 11.5. The number of rotatable bonds is 7. The Kier molecular flexibility index (Phi) is 9.27. The van der Waals surface area contributed by atoms with Crippen molar-refractivity contribution in [2.75, 3.05) is 0 Å². The van der Waals surface area contributed by atoms with Crippen LogP contribution in [0.3, 0.4) is 0 Å². The van der Waals surface area contributed by atoms with Crippen LogP contribution in [-0.2, 0) is 6.42 Å². The number of aryl methyl sites for hydroxylation is 1. The Balaban J connectivity index is 0.859. The van der Waals surface area contributed by atoms with Gasteiger partial charge in [-0.3, -0.25) is 0 Å². The highest BCUT2D eigenvalue weighted by Crippen LogP contribution is 2.64. The average Bonchev–Trinajstić information content (AvgIpc) is 4.25. The van der Waals surface area contributed by atoms with E-state index in [0.29, 0.717) is 11.8 Å². The van der Waals surface area contributed by atoms with Crippen molar-refractivity contribution in [2.24, 2.45) is 0 Å². The molecule has 11 aromatic rings. The van der Waals surface area contributed by atoms with Crippen molar-refractivity contribution < 1.29 is 0 Å². The molecule has 0 spiro atoms. The molecule has 2 nitrogen and oxygen atoms in total. The molecule has 1 heterocycles. The molecule has 0 N–H and O–H groups in total. The maximum absolute atomic E-state index is 5.61. The lowest BCUT2D eigenvalue weighted by atomic mass is 9.79. The minimum absolute atomic E-state index is 0.535. The third-order valence-electron chi connectivity index (χ3n) is 15.1. The van der Waals surface area contributed by atoms with Gasteiger partial charge < -0.3 is 0 Å². The Hall–Kier alpha value is -8.46. The van der Waals surface area contributed by atoms with E-state index in [0.717, 1.165) is 51.8 Å². The van der Waals surface area contributed by atoms with Gasteiger partial charge in [-0.1, -0.05) is 212 Å². The van der Waals surface area contributed by atoms with Crippen molar-refractivity contribution in [3.05, 3.63) is 247 Å². The first kappa shape index (κ1) is 39.7. The molecule has 1 fully saturated rings. The monoisotopic (exact) mass is 878 g/mol. The van der Waals surface area contributed by atoms with Crippen LogP contribution in [0.2, 0.25) is 0 Å². The summed E-state index contributed by atoms with van der Waals surface area (Å²) in [6.07, 6.45) is 7.79. The first-order valence-electron chi connectivity index (χ1n) is 24.4. The SMILES string of the molecule is C1=Cc2c(c3ccccc3c3nc(-c4ccc(-c5ccccc5)cc4)c(-c4ccc(-c5ccc(-c6cc(-c7ccccc7)cc7c6C6C[C@@H]6c6ccc(-c8ccccc8)cc6-7)cc5)cc4)nc23)CC1. The number of hydrogen-bond acceptors (Lipinski definition) is 2. The molecule has 0 amide bonds. The van der Waals surface area contributed by atoms with E-state index >= 15 is 0 Å². The Bertz CT molecular complexity index is 3820. The average molecular weight is 879 g/mol.